The zero-order valence-corrected chi connectivity index (χ0v) is 10.7. The second kappa shape index (κ2) is 4.57. The zero-order valence-electron chi connectivity index (χ0n) is 9.92. The van der Waals surface area contributed by atoms with Gasteiger partial charge in [-0.05, 0) is 30.3 Å². The van der Waals surface area contributed by atoms with E-state index in [4.69, 9.17) is 11.6 Å². The monoisotopic (exact) mass is 291 g/mol. The van der Waals surface area contributed by atoms with E-state index in [1.54, 1.807) is 12.1 Å². The number of aromatic carboxylic acids is 1. The Morgan fingerprint density at radius 1 is 1.30 bits per heavy atom. The summed E-state index contributed by atoms with van der Waals surface area (Å²) in [6.07, 6.45) is 0. The van der Waals surface area contributed by atoms with Crippen LogP contribution in [0.2, 0.25) is 5.02 Å². The summed E-state index contributed by atoms with van der Waals surface area (Å²) in [4.78, 5) is 11.3. The van der Waals surface area contributed by atoms with Gasteiger partial charge >= 0.3 is 5.97 Å². The summed E-state index contributed by atoms with van der Waals surface area (Å²) in [7, 11) is 0. The van der Waals surface area contributed by atoms with Crippen molar-refractivity contribution in [2.45, 2.75) is 0 Å². The standard InChI is InChI=1S/C13H7ClFN3O2/c14-7-4-8(15)6-9(5-7)18-12-10(13(19)20)2-1-3-11(12)16-17-18/h1-6H,(H,19,20). The van der Waals surface area contributed by atoms with Gasteiger partial charge in [0, 0.05) is 5.02 Å². The van der Waals surface area contributed by atoms with Crippen molar-refractivity contribution in [2.75, 3.05) is 0 Å². The van der Waals surface area contributed by atoms with E-state index in [1.807, 2.05) is 0 Å². The van der Waals surface area contributed by atoms with E-state index in [-0.39, 0.29) is 10.6 Å². The Kier molecular flexibility index (Phi) is 2.87. The molecule has 0 unspecified atom stereocenters. The molecule has 0 aliphatic heterocycles. The van der Waals surface area contributed by atoms with Crippen molar-refractivity contribution in [3.05, 3.63) is 52.8 Å². The number of rotatable bonds is 2. The first-order chi connectivity index (χ1) is 9.56. The lowest BCUT2D eigenvalue weighted by Gasteiger charge is -2.05. The van der Waals surface area contributed by atoms with Gasteiger partial charge in [0.15, 0.2) is 0 Å². The molecule has 1 aromatic heterocycles. The minimum absolute atomic E-state index is 0.0351. The number of benzene rings is 2. The average Bonchev–Trinajstić information content (AvgIpc) is 2.80. The van der Waals surface area contributed by atoms with E-state index in [0.29, 0.717) is 16.7 Å². The molecule has 20 heavy (non-hydrogen) atoms. The van der Waals surface area contributed by atoms with Crippen LogP contribution in [0.1, 0.15) is 10.4 Å². The molecule has 0 radical (unpaired) electrons. The average molecular weight is 292 g/mol. The fourth-order valence-corrected chi connectivity index (χ4v) is 2.20. The molecule has 0 aliphatic carbocycles. The van der Waals surface area contributed by atoms with Gasteiger partial charge in [-0.25, -0.2) is 13.9 Å². The first-order valence-corrected chi connectivity index (χ1v) is 5.98. The highest BCUT2D eigenvalue weighted by Crippen LogP contribution is 2.23. The zero-order chi connectivity index (χ0) is 14.3. The van der Waals surface area contributed by atoms with Crippen molar-refractivity contribution in [3.8, 4) is 5.69 Å². The minimum atomic E-state index is -1.11. The lowest BCUT2D eigenvalue weighted by Crippen LogP contribution is -2.03. The van der Waals surface area contributed by atoms with Crippen molar-refractivity contribution in [2.24, 2.45) is 0 Å². The highest BCUT2D eigenvalue weighted by Gasteiger charge is 2.16. The van der Waals surface area contributed by atoms with Crippen LogP contribution in [0.3, 0.4) is 0 Å². The van der Waals surface area contributed by atoms with Crippen LogP contribution in [-0.4, -0.2) is 26.1 Å². The number of hydrogen-bond acceptors (Lipinski definition) is 3. The van der Waals surface area contributed by atoms with E-state index < -0.39 is 11.8 Å². The summed E-state index contributed by atoms with van der Waals surface area (Å²) in [6, 6.07) is 8.49. The number of para-hydroxylation sites is 1. The Balaban J connectivity index is 2.34. The highest BCUT2D eigenvalue weighted by molar-refractivity contribution is 6.30. The first-order valence-electron chi connectivity index (χ1n) is 5.60. The van der Waals surface area contributed by atoms with Crippen molar-refractivity contribution in [1.82, 2.24) is 15.0 Å². The Hall–Kier alpha value is -2.47. The van der Waals surface area contributed by atoms with Gasteiger partial charge in [-0.15, -0.1) is 5.10 Å². The van der Waals surface area contributed by atoms with Gasteiger partial charge in [-0.2, -0.15) is 0 Å². The van der Waals surface area contributed by atoms with Gasteiger partial charge in [0.05, 0.1) is 11.3 Å². The number of carboxylic acids is 1. The number of halogens is 2. The maximum atomic E-state index is 13.4. The van der Waals surface area contributed by atoms with Gasteiger partial charge in [-0.3, -0.25) is 0 Å². The predicted octanol–water partition coefficient (Wildman–Crippen LogP) is 2.91. The molecular formula is C13H7ClFN3O2. The second-order valence-corrected chi connectivity index (χ2v) is 4.54. The summed E-state index contributed by atoms with van der Waals surface area (Å²) in [5.74, 6) is -1.65. The van der Waals surface area contributed by atoms with Crippen molar-refractivity contribution in [3.63, 3.8) is 0 Å². The third kappa shape index (κ3) is 2.00. The molecule has 3 aromatic rings. The van der Waals surface area contributed by atoms with Crippen LogP contribution in [-0.2, 0) is 0 Å². The number of fused-ring (bicyclic) bond motifs is 1. The van der Waals surface area contributed by atoms with E-state index in [1.165, 1.54) is 22.9 Å². The summed E-state index contributed by atoms with van der Waals surface area (Å²) < 4.78 is 14.7. The summed E-state index contributed by atoms with van der Waals surface area (Å²) in [6.45, 7) is 0. The smallest absolute Gasteiger partial charge is 0.337 e. The van der Waals surface area contributed by atoms with Gasteiger partial charge < -0.3 is 5.11 Å². The van der Waals surface area contributed by atoms with Crippen LogP contribution in [0.5, 0.6) is 0 Å². The van der Waals surface area contributed by atoms with Gasteiger partial charge in [0.25, 0.3) is 0 Å². The van der Waals surface area contributed by atoms with Crippen LogP contribution in [0.25, 0.3) is 16.7 Å². The van der Waals surface area contributed by atoms with Crippen LogP contribution < -0.4 is 0 Å². The molecule has 0 fully saturated rings. The van der Waals surface area contributed by atoms with Crippen LogP contribution in [0, 0.1) is 5.82 Å². The maximum Gasteiger partial charge on any atom is 0.337 e. The number of hydrogen-bond donors (Lipinski definition) is 1. The topological polar surface area (TPSA) is 68.0 Å². The Bertz CT molecular complexity index is 811. The molecule has 100 valence electrons. The summed E-state index contributed by atoms with van der Waals surface area (Å²) in [5, 5.41) is 17.2. The SMILES string of the molecule is O=C(O)c1cccc2nnn(-c3cc(F)cc(Cl)c3)c12. The second-order valence-electron chi connectivity index (χ2n) is 4.11. The van der Waals surface area contributed by atoms with Crippen LogP contribution in [0.15, 0.2) is 36.4 Å². The minimum Gasteiger partial charge on any atom is -0.478 e. The van der Waals surface area contributed by atoms with E-state index >= 15 is 0 Å². The lowest BCUT2D eigenvalue weighted by atomic mass is 10.2. The molecule has 0 bridgehead atoms. The summed E-state index contributed by atoms with van der Waals surface area (Å²) in [5.41, 5.74) is 1.05. The molecule has 0 atom stereocenters. The fourth-order valence-electron chi connectivity index (χ4n) is 1.99. The molecule has 0 saturated carbocycles. The first kappa shape index (κ1) is 12.6. The number of nitrogens with zero attached hydrogens (tertiary/aromatic N) is 3. The van der Waals surface area contributed by atoms with Gasteiger partial charge in [0.2, 0.25) is 0 Å². The van der Waals surface area contributed by atoms with Gasteiger partial charge in [0.1, 0.15) is 16.9 Å². The number of aromatic nitrogens is 3. The van der Waals surface area contributed by atoms with Crippen LogP contribution in [0.4, 0.5) is 4.39 Å². The molecule has 5 nitrogen and oxygen atoms in total. The Labute approximate surface area is 117 Å². The quantitative estimate of drug-likeness (QED) is 0.788. The van der Waals surface area contributed by atoms with Crippen LogP contribution >= 0.6 is 11.6 Å². The lowest BCUT2D eigenvalue weighted by molar-refractivity contribution is 0.0698. The molecule has 0 spiro atoms. The van der Waals surface area contributed by atoms with Crippen molar-refractivity contribution >= 4 is 28.6 Å². The van der Waals surface area contributed by atoms with E-state index in [9.17, 15) is 14.3 Å². The molecule has 3 rings (SSSR count). The van der Waals surface area contributed by atoms with E-state index in [0.717, 1.165) is 6.07 Å². The van der Waals surface area contributed by atoms with Crippen molar-refractivity contribution < 1.29 is 14.3 Å². The molecule has 7 heteroatoms. The predicted molar refractivity (Wildman–Crippen MR) is 70.8 cm³/mol. The third-order valence-corrected chi connectivity index (χ3v) is 3.01. The van der Waals surface area contributed by atoms with Crippen molar-refractivity contribution in [1.29, 1.82) is 0 Å². The largest absolute Gasteiger partial charge is 0.478 e. The molecular weight excluding hydrogens is 285 g/mol. The Morgan fingerprint density at radius 3 is 2.80 bits per heavy atom. The number of carboxylic acid groups (broad SMARTS) is 1. The van der Waals surface area contributed by atoms with E-state index in [2.05, 4.69) is 10.3 Å². The number of carbonyl (C=O) groups is 1. The molecule has 0 saturated heterocycles. The maximum absolute atomic E-state index is 13.4. The molecule has 1 heterocycles. The molecule has 0 aliphatic rings. The molecule has 2 aromatic carbocycles. The normalized spacial score (nSPS) is 10.9. The molecule has 1 N–H and O–H groups in total. The van der Waals surface area contributed by atoms with Gasteiger partial charge in [-0.1, -0.05) is 22.9 Å². The Morgan fingerprint density at radius 2 is 2.10 bits per heavy atom. The molecule has 0 amide bonds. The summed E-state index contributed by atoms with van der Waals surface area (Å²) >= 11 is 5.80. The fraction of sp³-hybridized carbons (Fsp3) is 0. The third-order valence-electron chi connectivity index (χ3n) is 2.79. The highest BCUT2D eigenvalue weighted by atomic mass is 35.5.